The van der Waals surface area contributed by atoms with Crippen molar-refractivity contribution in [2.24, 2.45) is 0 Å². The van der Waals surface area contributed by atoms with E-state index < -0.39 is 18.0 Å². The van der Waals surface area contributed by atoms with E-state index in [0.717, 1.165) is 0 Å². The van der Waals surface area contributed by atoms with Crippen LogP contribution >= 0.6 is 0 Å². The Hall–Kier alpha value is -4.94. The summed E-state index contributed by atoms with van der Waals surface area (Å²) in [6.45, 7) is 3.69. The summed E-state index contributed by atoms with van der Waals surface area (Å²) in [5.41, 5.74) is 1.50. The molecule has 0 unspecified atom stereocenters. The number of anilines is 2. The number of benzene rings is 2. The molecule has 13 heteroatoms. The van der Waals surface area contributed by atoms with Gasteiger partial charge in [0.25, 0.3) is 5.91 Å². The van der Waals surface area contributed by atoms with Crippen LogP contribution in [-0.4, -0.2) is 92.4 Å². The minimum atomic E-state index is -0.603. The molecule has 1 atom stereocenters. The number of hydrogen-bond acceptors (Lipinski definition) is 9. The number of nitrogens with zero attached hydrogens (tertiary/aromatic N) is 5. The third kappa shape index (κ3) is 5.90. The number of nitrogens with one attached hydrogen (secondary N) is 1. The second-order valence-corrected chi connectivity index (χ2v) is 9.81. The van der Waals surface area contributed by atoms with E-state index in [2.05, 4.69) is 15.3 Å². The van der Waals surface area contributed by atoms with Crippen LogP contribution in [0.4, 0.5) is 20.8 Å². The lowest BCUT2D eigenvalue weighted by atomic mass is 10.1. The maximum Gasteiger partial charge on any atom is 0.414 e. The van der Waals surface area contributed by atoms with Gasteiger partial charge in [-0.15, -0.1) is 0 Å². The number of piperazine rings is 1. The van der Waals surface area contributed by atoms with Crippen LogP contribution in [0.15, 0.2) is 48.8 Å². The highest BCUT2D eigenvalue weighted by Crippen LogP contribution is 2.31. The van der Waals surface area contributed by atoms with Gasteiger partial charge in [0.2, 0.25) is 11.9 Å². The monoisotopic (exact) mass is 578 g/mol. The lowest BCUT2D eigenvalue weighted by molar-refractivity contribution is -0.119. The molecule has 42 heavy (non-hydrogen) atoms. The smallest absolute Gasteiger partial charge is 0.414 e. The molecule has 2 saturated heterocycles. The van der Waals surface area contributed by atoms with E-state index in [9.17, 15) is 14.4 Å². The summed E-state index contributed by atoms with van der Waals surface area (Å²) in [6.07, 6.45) is 1.97. The average Bonchev–Trinajstić information content (AvgIpc) is 3.39. The van der Waals surface area contributed by atoms with Crippen molar-refractivity contribution in [3.63, 3.8) is 0 Å². The van der Waals surface area contributed by atoms with Crippen LogP contribution in [0.1, 0.15) is 17.3 Å². The van der Waals surface area contributed by atoms with E-state index in [-0.39, 0.29) is 30.5 Å². The van der Waals surface area contributed by atoms with E-state index >= 15 is 4.39 Å². The van der Waals surface area contributed by atoms with E-state index in [1.54, 1.807) is 47.6 Å². The molecule has 2 fully saturated rings. The van der Waals surface area contributed by atoms with Gasteiger partial charge in [-0.1, -0.05) is 6.07 Å². The molecule has 0 radical (unpaired) electrons. The molecule has 220 valence electrons. The van der Waals surface area contributed by atoms with Gasteiger partial charge < -0.3 is 29.3 Å². The average molecular weight is 579 g/mol. The maximum atomic E-state index is 15.1. The number of amides is 3. The summed E-state index contributed by atoms with van der Waals surface area (Å²) in [5, 5.41) is 2.61. The van der Waals surface area contributed by atoms with Crippen LogP contribution in [-0.2, 0) is 9.53 Å². The third-order valence-electron chi connectivity index (χ3n) is 7.16. The van der Waals surface area contributed by atoms with Gasteiger partial charge in [-0.2, -0.15) is 0 Å². The van der Waals surface area contributed by atoms with Crippen molar-refractivity contribution in [1.29, 1.82) is 0 Å². The summed E-state index contributed by atoms with van der Waals surface area (Å²) in [5.74, 6) is 0.434. The Bertz CT molecular complexity index is 1460. The van der Waals surface area contributed by atoms with E-state index in [4.69, 9.17) is 14.2 Å². The number of hydrogen-bond donors (Lipinski definition) is 1. The zero-order valence-electron chi connectivity index (χ0n) is 23.5. The number of halogens is 1. The van der Waals surface area contributed by atoms with Gasteiger partial charge in [0.1, 0.15) is 29.0 Å². The lowest BCUT2D eigenvalue weighted by Crippen LogP contribution is -2.49. The summed E-state index contributed by atoms with van der Waals surface area (Å²) >= 11 is 0. The molecule has 0 saturated carbocycles. The second kappa shape index (κ2) is 12.3. The van der Waals surface area contributed by atoms with Crippen LogP contribution in [0, 0.1) is 5.82 Å². The third-order valence-corrected chi connectivity index (χ3v) is 7.16. The van der Waals surface area contributed by atoms with Crippen molar-refractivity contribution in [2.45, 2.75) is 13.0 Å². The van der Waals surface area contributed by atoms with Crippen LogP contribution in [0.5, 0.6) is 11.5 Å². The molecule has 5 rings (SSSR count). The Balaban J connectivity index is 1.22. The van der Waals surface area contributed by atoms with Crippen molar-refractivity contribution < 1.29 is 33.0 Å². The lowest BCUT2D eigenvalue weighted by Gasteiger charge is -2.35. The normalized spacial score (nSPS) is 16.7. The largest absolute Gasteiger partial charge is 0.496 e. The number of carbonyl (C=O) groups excluding carboxylic acids is 3. The van der Waals surface area contributed by atoms with Gasteiger partial charge in [-0.25, -0.2) is 19.2 Å². The maximum absolute atomic E-state index is 15.1. The molecule has 0 bridgehead atoms. The summed E-state index contributed by atoms with van der Waals surface area (Å²) in [7, 11) is 3.03. The zero-order chi connectivity index (χ0) is 29.8. The van der Waals surface area contributed by atoms with Crippen LogP contribution in [0.2, 0.25) is 0 Å². The Kier molecular flexibility index (Phi) is 8.36. The fourth-order valence-corrected chi connectivity index (χ4v) is 4.96. The van der Waals surface area contributed by atoms with Crippen molar-refractivity contribution in [2.75, 3.05) is 63.3 Å². The number of ether oxygens (including phenoxy) is 3. The Morgan fingerprint density at radius 3 is 2.31 bits per heavy atom. The molecule has 1 N–H and O–H groups in total. The second-order valence-electron chi connectivity index (χ2n) is 9.81. The SMILES string of the molecule is COc1cccc(OC)c1C(=O)N1CCN(c2ncc(-c3ccc(N4C[C@H](CNC(C)=O)OC4=O)cc3F)cn2)CC1. The van der Waals surface area contributed by atoms with E-state index in [1.165, 1.54) is 32.1 Å². The predicted octanol–water partition coefficient (Wildman–Crippen LogP) is 2.72. The molecule has 2 aromatic carbocycles. The van der Waals surface area contributed by atoms with Crippen molar-refractivity contribution in [3.8, 4) is 22.6 Å². The van der Waals surface area contributed by atoms with Crippen LogP contribution in [0.25, 0.3) is 11.1 Å². The number of rotatable bonds is 8. The number of carbonyl (C=O) groups is 3. The van der Waals surface area contributed by atoms with Crippen molar-refractivity contribution in [3.05, 3.63) is 60.2 Å². The number of aromatic nitrogens is 2. The zero-order valence-corrected chi connectivity index (χ0v) is 23.5. The van der Waals surface area contributed by atoms with Gasteiger partial charge in [-0.3, -0.25) is 14.5 Å². The highest BCUT2D eigenvalue weighted by molar-refractivity contribution is 6.00. The first-order valence-corrected chi connectivity index (χ1v) is 13.4. The minimum absolute atomic E-state index is 0.176. The fourth-order valence-electron chi connectivity index (χ4n) is 4.96. The first kappa shape index (κ1) is 28.6. The van der Waals surface area contributed by atoms with Crippen LogP contribution in [0.3, 0.4) is 0 Å². The molecule has 1 aromatic heterocycles. The highest BCUT2D eigenvalue weighted by Gasteiger charge is 2.33. The van der Waals surface area contributed by atoms with Crippen LogP contribution < -0.4 is 24.6 Å². The predicted molar refractivity (Wildman–Crippen MR) is 151 cm³/mol. The molecule has 0 aliphatic carbocycles. The quantitative estimate of drug-likeness (QED) is 0.429. The van der Waals surface area contributed by atoms with Gasteiger partial charge >= 0.3 is 6.09 Å². The molecular formula is C29H31FN6O6. The first-order chi connectivity index (χ1) is 20.3. The number of cyclic esters (lactones) is 1. The topological polar surface area (TPSA) is 126 Å². The highest BCUT2D eigenvalue weighted by atomic mass is 19.1. The molecule has 12 nitrogen and oxygen atoms in total. The summed E-state index contributed by atoms with van der Waals surface area (Å²) in [6, 6.07) is 9.67. The molecule has 0 spiro atoms. The Morgan fingerprint density at radius 2 is 1.71 bits per heavy atom. The molecular weight excluding hydrogens is 547 g/mol. The van der Waals surface area contributed by atoms with Gasteiger partial charge in [0.15, 0.2) is 0 Å². The van der Waals surface area contributed by atoms with E-state index in [0.29, 0.717) is 60.4 Å². The Morgan fingerprint density at radius 1 is 1.05 bits per heavy atom. The van der Waals surface area contributed by atoms with Gasteiger partial charge in [0.05, 0.1) is 33.0 Å². The molecule has 2 aliphatic rings. The molecule has 3 heterocycles. The fraction of sp³-hybridized carbons (Fsp3) is 0.345. The van der Waals surface area contributed by atoms with Gasteiger partial charge in [-0.05, 0) is 30.3 Å². The van der Waals surface area contributed by atoms with Crippen molar-refractivity contribution in [1.82, 2.24) is 20.2 Å². The van der Waals surface area contributed by atoms with Crippen molar-refractivity contribution >= 4 is 29.5 Å². The standard InChI is InChI=1S/C29H31FN6O6/c1-18(37)31-16-21-17-36(29(39)42-21)20-7-8-22(23(30)13-20)19-14-32-28(33-15-19)35-11-9-34(10-12-35)27(38)26-24(40-2)5-4-6-25(26)41-3/h4-8,13-15,21H,9-12,16-17H2,1-3H3,(H,31,37)/t21-/m0/s1. The molecule has 3 amide bonds. The Labute approximate surface area is 242 Å². The first-order valence-electron chi connectivity index (χ1n) is 13.4. The van der Waals surface area contributed by atoms with E-state index in [1.807, 2.05) is 4.90 Å². The number of methoxy groups -OCH3 is 2. The van der Waals surface area contributed by atoms with Gasteiger partial charge in [0, 0.05) is 56.6 Å². The molecule has 3 aromatic rings. The molecule has 2 aliphatic heterocycles. The summed E-state index contributed by atoms with van der Waals surface area (Å²) in [4.78, 5) is 50.6. The summed E-state index contributed by atoms with van der Waals surface area (Å²) < 4.78 is 31.2. The minimum Gasteiger partial charge on any atom is -0.496 e.